The standard InChI is InChI=1S/C20H23BrFN3O4S/c1-14(20(27)23-2)24(12-15-8-10-16(21)11-9-15)19(26)13-25(30(3,28)29)18-7-5-4-6-17(18)22/h4-11,14H,12-13H2,1-3H3,(H,23,27)/t14-/m1/s1. The number of benzene rings is 2. The van der Waals surface area contributed by atoms with Crippen LogP contribution in [0.4, 0.5) is 10.1 Å². The van der Waals surface area contributed by atoms with Crippen molar-refractivity contribution in [2.45, 2.75) is 19.5 Å². The Hall–Kier alpha value is -2.46. The van der Waals surface area contributed by atoms with E-state index >= 15 is 0 Å². The third-order valence-corrected chi connectivity index (χ3v) is 6.14. The molecule has 2 aromatic rings. The van der Waals surface area contributed by atoms with Gasteiger partial charge in [-0.05, 0) is 36.8 Å². The minimum absolute atomic E-state index is 0.0789. The molecule has 0 fully saturated rings. The maximum Gasteiger partial charge on any atom is 0.244 e. The normalized spacial score (nSPS) is 12.2. The largest absolute Gasteiger partial charge is 0.357 e. The Balaban J connectivity index is 2.38. The van der Waals surface area contributed by atoms with E-state index in [-0.39, 0.29) is 12.2 Å². The Morgan fingerprint density at radius 2 is 1.73 bits per heavy atom. The van der Waals surface area contributed by atoms with Crippen LogP contribution in [0, 0.1) is 5.82 Å². The van der Waals surface area contributed by atoms with E-state index in [0.29, 0.717) is 4.31 Å². The third-order valence-electron chi connectivity index (χ3n) is 4.48. The van der Waals surface area contributed by atoms with E-state index in [1.807, 2.05) is 0 Å². The lowest BCUT2D eigenvalue weighted by Crippen LogP contribution is -2.50. The van der Waals surface area contributed by atoms with Crippen molar-refractivity contribution >= 4 is 43.5 Å². The second kappa shape index (κ2) is 10.0. The minimum atomic E-state index is -3.96. The number of para-hydroxylation sites is 1. The van der Waals surface area contributed by atoms with Crippen LogP contribution in [-0.4, -0.2) is 51.0 Å². The van der Waals surface area contributed by atoms with Gasteiger partial charge in [0.25, 0.3) is 0 Å². The first-order valence-electron chi connectivity index (χ1n) is 9.02. The summed E-state index contributed by atoms with van der Waals surface area (Å²) in [5.41, 5.74) is 0.517. The fourth-order valence-corrected chi connectivity index (χ4v) is 3.94. The average Bonchev–Trinajstić information content (AvgIpc) is 2.70. The molecule has 2 amide bonds. The van der Waals surface area contributed by atoms with Gasteiger partial charge >= 0.3 is 0 Å². The predicted molar refractivity (Wildman–Crippen MR) is 117 cm³/mol. The van der Waals surface area contributed by atoms with Gasteiger partial charge in [0, 0.05) is 18.1 Å². The van der Waals surface area contributed by atoms with Gasteiger partial charge in [0.05, 0.1) is 11.9 Å². The maximum absolute atomic E-state index is 14.2. The molecule has 2 rings (SSSR count). The molecule has 0 spiro atoms. The molecule has 0 unspecified atom stereocenters. The summed E-state index contributed by atoms with van der Waals surface area (Å²) in [5.74, 6) is -1.81. The van der Waals surface area contributed by atoms with Crippen LogP contribution in [0.25, 0.3) is 0 Å². The van der Waals surface area contributed by atoms with Gasteiger partial charge in [0.1, 0.15) is 18.4 Å². The highest BCUT2D eigenvalue weighted by atomic mass is 79.9. The van der Waals surface area contributed by atoms with Crippen LogP contribution in [0.1, 0.15) is 12.5 Å². The molecule has 0 saturated carbocycles. The van der Waals surface area contributed by atoms with E-state index in [4.69, 9.17) is 0 Å². The Kier molecular flexibility index (Phi) is 7.96. The molecule has 0 aliphatic heterocycles. The van der Waals surface area contributed by atoms with Gasteiger partial charge in [-0.25, -0.2) is 12.8 Å². The van der Waals surface area contributed by atoms with Crippen molar-refractivity contribution in [3.8, 4) is 0 Å². The van der Waals surface area contributed by atoms with E-state index in [0.717, 1.165) is 22.4 Å². The van der Waals surface area contributed by atoms with Crippen molar-refractivity contribution in [3.05, 3.63) is 64.4 Å². The molecule has 0 aliphatic rings. The predicted octanol–water partition coefficient (Wildman–Crippen LogP) is 2.52. The van der Waals surface area contributed by atoms with Crippen LogP contribution >= 0.6 is 15.9 Å². The molecule has 0 saturated heterocycles. The van der Waals surface area contributed by atoms with Crippen LogP contribution in [0.2, 0.25) is 0 Å². The fourth-order valence-electron chi connectivity index (χ4n) is 2.83. The molecule has 1 N–H and O–H groups in total. The van der Waals surface area contributed by atoms with Crippen LogP contribution in [0.5, 0.6) is 0 Å². The van der Waals surface area contributed by atoms with Crippen molar-refractivity contribution in [2.24, 2.45) is 0 Å². The number of nitrogens with zero attached hydrogens (tertiary/aromatic N) is 2. The Morgan fingerprint density at radius 3 is 2.27 bits per heavy atom. The highest BCUT2D eigenvalue weighted by molar-refractivity contribution is 9.10. The average molecular weight is 500 g/mol. The Morgan fingerprint density at radius 1 is 1.13 bits per heavy atom. The fraction of sp³-hybridized carbons (Fsp3) is 0.300. The summed E-state index contributed by atoms with van der Waals surface area (Å²) < 4.78 is 40.4. The minimum Gasteiger partial charge on any atom is -0.357 e. The van der Waals surface area contributed by atoms with Gasteiger partial charge in [-0.2, -0.15) is 0 Å². The van der Waals surface area contributed by atoms with Crippen molar-refractivity contribution in [3.63, 3.8) is 0 Å². The lowest BCUT2D eigenvalue weighted by Gasteiger charge is -2.31. The van der Waals surface area contributed by atoms with E-state index in [1.54, 1.807) is 31.2 Å². The molecule has 10 heteroatoms. The highest BCUT2D eigenvalue weighted by Crippen LogP contribution is 2.22. The summed E-state index contributed by atoms with van der Waals surface area (Å²) in [5, 5.41) is 2.49. The quantitative estimate of drug-likeness (QED) is 0.604. The zero-order valence-electron chi connectivity index (χ0n) is 16.8. The van der Waals surface area contributed by atoms with E-state index < -0.39 is 40.2 Å². The molecular formula is C20H23BrFN3O4S. The smallest absolute Gasteiger partial charge is 0.244 e. The number of halogens is 2. The molecule has 0 aliphatic carbocycles. The van der Waals surface area contributed by atoms with E-state index in [9.17, 15) is 22.4 Å². The number of rotatable bonds is 8. The Labute approximate surface area is 184 Å². The summed E-state index contributed by atoms with van der Waals surface area (Å²) in [6.07, 6.45) is 0.897. The number of amides is 2. The maximum atomic E-state index is 14.2. The number of hydrogen-bond donors (Lipinski definition) is 1. The number of anilines is 1. The molecule has 30 heavy (non-hydrogen) atoms. The molecule has 162 valence electrons. The molecule has 0 aromatic heterocycles. The molecule has 0 heterocycles. The van der Waals surface area contributed by atoms with E-state index in [1.165, 1.54) is 30.1 Å². The number of hydrogen-bond acceptors (Lipinski definition) is 4. The highest BCUT2D eigenvalue weighted by Gasteiger charge is 2.30. The second-order valence-corrected chi connectivity index (χ2v) is 9.48. The first kappa shape index (κ1) is 23.8. The van der Waals surface area contributed by atoms with Gasteiger partial charge in [-0.15, -0.1) is 0 Å². The third kappa shape index (κ3) is 6.02. The first-order chi connectivity index (χ1) is 14.0. The van der Waals surface area contributed by atoms with Crippen LogP contribution < -0.4 is 9.62 Å². The summed E-state index contributed by atoms with van der Waals surface area (Å²) in [6.45, 7) is 0.983. The zero-order chi connectivity index (χ0) is 22.5. The second-order valence-electron chi connectivity index (χ2n) is 6.66. The van der Waals surface area contributed by atoms with Crippen LogP contribution in [-0.2, 0) is 26.2 Å². The number of carbonyl (C=O) groups is 2. The van der Waals surface area contributed by atoms with Crippen molar-refractivity contribution in [1.82, 2.24) is 10.2 Å². The Bertz CT molecular complexity index is 1010. The van der Waals surface area contributed by atoms with Gasteiger partial charge in [-0.1, -0.05) is 40.2 Å². The summed E-state index contributed by atoms with van der Waals surface area (Å²) in [7, 11) is -2.51. The van der Waals surface area contributed by atoms with Gasteiger partial charge < -0.3 is 10.2 Å². The summed E-state index contributed by atoms with van der Waals surface area (Å²) in [6, 6.07) is 11.6. The monoisotopic (exact) mass is 499 g/mol. The summed E-state index contributed by atoms with van der Waals surface area (Å²) in [4.78, 5) is 26.6. The van der Waals surface area contributed by atoms with Crippen molar-refractivity contribution < 1.29 is 22.4 Å². The van der Waals surface area contributed by atoms with Gasteiger partial charge in [0.2, 0.25) is 21.8 Å². The number of sulfonamides is 1. The molecule has 7 nitrogen and oxygen atoms in total. The van der Waals surface area contributed by atoms with Gasteiger partial charge in [0.15, 0.2) is 0 Å². The van der Waals surface area contributed by atoms with Crippen LogP contribution in [0.15, 0.2) is 53.0 Å². The van der Waals surface area contributed by atoms with E-state index in [2.05, 4.69) is 21.2 Å². The zero-order valence-corrected chi connectivity index (χ0v) is 19.2. The lowest BCUT2D eigenvalue weighted by atomic mass is 10.1. The number of nitrogens with one attached hydrogen (secondary N) is 1. The first-order valence-corrected chi connectivity index (χ1v) is 11.7. The molecule has 0 radical (unpaired) electrons. The lowest BCUT2D eigenvalue weighted by molar-refractivity contribution is -0.139. The topological polar surface area (TPSA) is 86.8 Å². The molecular weight excluding hydrogens is 477 g/mol. The number of carbonyl (C=O) groups excluding carboxylic acids is 2. The molecule has 2 aromatic carbocycles. The van der Waals surface area contributed by atoms with Crippen molar-refractivity contribution in [2.75, 3.05) is 24.2 Å². The number of likely N-dealkylation sites (N-methyl/N-ethyl adjacent to an activating group) is 1. The summed E-state index contributed by atoms with van der Waals surface area (Å²) >= 11 is 3.34. The molecule has 0 bridgehead atoms. The molecule has 1 atom stereocenters. The van der Waals surface area contributed by atoms with Crippen molar-refractivity contribution in [1.29, 1.82) is 0 Å². The van der Waals surface area contributed by atoms with Gasteiger partial charge in [-0.3, -0.25) is 13.9 Å². The van der Waals surface area contributed by atoms with Crippen LogP contribution in [0.3, 0.4) is 0 Å². The SMILES string of the molecule is CNC(=O)[C@@H](C)N(Cc1ccc(Br)cc1)C(=O)CN(c1ccccc1F)S(C)(=O)=O.